The standard InChI is InChI=1S/C20H14F6N2O4/c21-19(22,23)12-5-11(6-13(8-12)20(24,25)26)15(29)9-14(28(31)18(27)30)17-7-10-3-1-2-4-16(10)32-17/h1-8,14,31H,9H2,(H2,27,30). The van der Waals surface area contributed by atoms with Gasteiger partial charge in [0.05, 0.1) is 11.1 Å². The number of Topliss-reactive ketones (excluding diaryl/α,β-unsaturated/α-hetero) is 1. The number of carbonyl (C=O) groups excluding carboxylic acids is 2. The fourth-order valence-electron chi connectivity index (χ4n) is 3.04. The fourth-order valence-corrected chi connectivity index (χ4v) is 3.04. The summed E-state index contributed by atoms with van der Waals surface area (Å²) < 4.78 is 83.9. The predicted molar refractivity (Wildman–Crippen MR) is 97.6 cm³/mol. The molecule has 2 aromatic carbocycles. The molecule has 2 amide bonds. The van der Waals surface area contributed by atoms with Crippen molar-refractivity contribution in [2.45, 2.75) is 24.8 Å². The summed E-state index contributed by atoms with van der Waals surface area (Å²) in [6.45, 7) is 0. The zero-order chi connectivity index (χ0) is 23.8. The largest absolute Gasteiger partial charge is 0.459 e. The molecule has 1 atom stereocenters. The first-order chi connectivity index (χ1) is 14.8. The van der Waals surface area contributed by atoms with Crippen molar-refractivity contribution in [2.24, 2.45) is 5.73 Å². The van der Waals surface area contributed by atoms with E-state index in [1.807, 2.05) is 0 Å². The van der Waals surface area contributed by atoms with Gasteiger partial charge in [-0.25, -0.2) is 4.79 Å². The molecule has 12 heteroatoms. The maximum absolute atomic E-state index is 13.1. The van der Waals surface area contributed by atoms with Gasteiger partial charge in [0, 0.05) is 17.4 Å². The molecular formula is C20H14F6N2O4. The Morgan fingerprint density at radius 3 is 2.03 bits per heavy atom. The molecular weight excluding hydrogens is 446 g/mol. The van der Waals surface area contributed by atoms with Crippen molar-refractivity contribution >= 4 is 22.8 Å². The number of primary amides is 1. The Balaban J connectivity index is 2.03. The van der Waals surface area contributed by atoms with Crippen molar-refractivity contribution in [2.75, 3.05) is 0 Å². The highest BCUT2D eigenvalue weighted by atomic mass is 19.4. The zero-order valence-corrected chi connectivity index (χ0v) is 15.9. The molecule has 0 saturated heterocycles. The van der Waals surface area contributed by atoms with Gasteiger partial charge in [-0.05, 0) is 30.3 Å². The average molecular weight is 460 g/mol. The molecule has 0 aliphatic carbocycles. The second-order valence-corrected chi connectivity index (χ2v) is 6.81. The number of nitrogens with zero attached hydrogens (tertiary/aromatic N) is 1. The number of alkyl halides is 6. The molecule has 6 nitrogen and oxygen atoms in total. The quantitative estimate of drug-likeness (QED) is 0.226. The van der Waals surface area contributed by atoms with E-state index in [2.05, 4.69) is 0 Å². The molecule has 3 rings (SSSR count). The third kappa shape index (κ3) is 4.85. The Kier molecular flexibility index (Phi) is 5.92. The lowest BCUT2D eigenvalue weighted by molar-refractivity contribution is -0.143. The van der Waals surface area contributed by atoms with Gasteiger partial charge in [-0.3, -0.25) is 10.0 Å². The summed E-state index contributed by atoms with van der Waals surface area (Å²) >= 11 is 0. The van der Waals surface area contributed by atoms with Crippen LogP contribution in [-0.2, 0) is 12.4 Å². The Morgan fingerprint density at radius 1 is 0.969 bits per heavy atom. The normalized spacial score (nSPS) is 13.2. The predicted octanol–water partition coefficient (Wildman–Crippen LogP) is 5.55. The molecule has 32 heavy (non-hydrogen) atoms. The maximum Gasteiger partial charge on any atom is 0.416 e. The summed E-state index contributed by atoms with van der Waals surface area (Å²) in [7, 11) is 0. The van der Waals surface area contributed by atoms with Crippen LogP contribution in [0.15, 0.2) is 52.9 Å². The molecule has 1 aromatic heterocycles. The average Bonchev–Trinajstić information content (AvgIpc) is 3.13. The smallest absolute Gasteiger partial charge is 0.416 e. The number of hydrogen-bond acceptors (Lipinski definition) is 4. The number of benzene rings is 2. The minimum Gasteiger partial charge on any atom is -0.459 e. The fraction of sp³-hybridized carbons (Fsp3) is 0.200. The number of nitrogens with two attached hydrogens (primary N) is 1. The number of carbonyl (C=O) groups is 2. The summed E-state index contributed by atoms with van der Waals surface area (Å²) in [4.78, 5) is 24.1. The molecule has 0 spiro atoms. The topological polar surface area (TPSA) is 96.8 Å². The van der Waals surface area contributed by atoms with Crippen LogP contribution in [0.5, 0.6) is 0 Å². The van der Waals surface area contributed by atoms with Crippen LogP contribution in [0.25, 0.3) is 11.0 Å². The van der Waals surface area contributed by atoms with Crippen LogP contribution < -0.4 is 5.73 Å². The molecule has 3 aromatic rings. The number of para-hydroxylation sites is 1. The van der Waals surface area contributed by atoms with Crippen LogP contribution in [-0.4, -0.2) is 22.1 Å². The highest BCUT2D eigenvalue weighted by Gasteiger charge is 2.38. The van der Waals surface area contributed by atoms with Crippen molar-refractivity contribution in [3.05, 3.63) is 71.0 Å². The van der Waals surface area contributed by atoms with Gasteiger partial charge in [-0.1, -0.05) is 18.2 Å². The lowest BCUT2D eigenvalue weighted by Crippen LogP contribution is -2.37. The highest BCUT2D eigenvalue weighted by molar-refractivity contribution is 5.97. The molecule has 0 aliphatic heterocycles. The Hall–Kier alpha value is -3.54. The number of hydrogen-bond donors (Lipinski definition) is 2. The van der Waals surface area contributed by atoms with Crippen molar-refractivity contribution < 1.29 is 45.6 Å². The first-order valence-corrected chi connectivity index (χ1v) is 8.86. The van der Waals surface area contributed by atoms with Crippen LogP contribution in [0.4, 0.5) is 31.1 Å². The van der Waals surface area contributed by atoms with Crippen molar-refractivity contribution in [3.63, 3.8) is 0 Å². The van der Waals surface area contributed by atoms with Gasteiger partial charge in [-0.15, -0.1) is 0 Å². The number of ketones is 1. The van der Waals surface area contributed by atoms with Crippen LogP contribution in [0.1, 0.15) is 39.7 Å². The molecule has 0 aliphatic rings. The van der Waals surface area contributed by atoms with Crippen molar-refractivity contribution in [3.8, 4) is 0 Å². The molecule has 0 bridgehead atoms. The summed E-state index contributed by atoms with van der Waals surface area (Å²) in [5, 5.41) is 10.4. The molecule has 0 radical (unpaired) electrons. The number of furan rings is 1. The van der Waals surface area contributed by atoms with E-state index in [0.29, 0.717) is 11.0 Å². The maximum atomic E-state index is 13.1. The minimum absolute atomic E-state index is 0.0755. The van der Waals surface area contributed by atoms with E-state index in [4.69, 9.17) is 10.2 Å². The molecule has 0 fully saturated rings. The molecule has 1 unspecified atom stereocenters. The second kappa shape index (κ2) is 8.19. The second-order valence-electron chi connectivity index (χ2n) is 6.81. The van der Waals surface area contributed by atoms with Crippen LogP contribution in [0, 0.1) is 0 Å². The van der Waals surface area contributed by atoms with Crippen LogP contribution in [0.2, 0.25) is 0 Å². The number of halogens is 6. The molecule has 3 N–H and O–H groups in total. The lowest BCUT2D eigenvalue weighted by Gasteiger charge is -2.22. The van der Waals surface area contributed by atoms with Crippen LogP contribution >= 0.6 is 0 Å². The van der Waals surface area contributed by atoms with E-state index < -0.39 is 53.3 Å². The van der Waals surface area contributed by atoms with Gasteiger partial charge in [0.25, 0.3) is 0 Å². The van der Waals surface area contributed by atoms with Crippen LogP contribution in [0.3, 0.4) is 0 Å². The minimum atomic E-state index is -5.15. The SMILES string of the molecule is NC(=O)N(O)C(CC(=O)c1cc(C(F)(F)F)cc(C(F)(F)F)c1)c1cc2ccccc2o1. The van der Waals surface area contributed by atoms with Gasteiger partial charge in [0.15, 0.2) is 5.78 Å². The van der Waals surface area contributed by atoms with E-state index in [9.17, 15) is 41.1 Å². The van der Waals surface area contributed by atoms with Gasteiger partial charge >= 0.3 is 18.4 Å². The van der Waals surface area contributed by atoms with E-state index in [1.54, 1.807) is 18.2 Å². The zero-order valence-electron chi connectivity index (χ0n) is 15.9. The van der Waals surface area contributed by atoms with Gasteiger partial charge in [0.1, 0.15) is 17.4 Å². The van der Waals surface area contributed by atoms with Gasteiger partial charge < -0.3 is 10.2 Å². The number of urea groups is 1. The third-order valence-electron chi connectivity index (χ3n) is 4.58. The summed E-state index contributed by atoms with van der Waals surface area (Å²) in [5.74, 6) is -1.36. The molecule has 170 valence electrons. The van der Waals surface area contributed by atoms with Gasteiger partial charge in [-0.2, -0.15) is 31.4 Å². The third-order valence-corrected chi connectivity index (χ3v) is 4.58. The number of fused-ring (bicyclic) bond motifs is 1. The summed E-state index contributed by atoms with van der Waals surface area (Å²) in [6.07, 6.45) is -11.2. The van der Waals surface area contributed by atoms with Crippen molar-refractivity contribution in [1.82, 2.24) is 5.06 Å². The monoisotopic (exact) mass is 460 g/mol. The Labute approximate surface area is 175 Å². The van der Waals surface area contributed by atoms with E-state index in [-0.39, 0.29) is 29.0 Å². The number of hydroxylamine groups is 2. The summed E-state index contributed by atoms with van der Waals surface area (Å²) in [5.41, 5.74) is 1.07. The molecule has 0 saturated carbocycles. The molecule has 1 heterocycles. The van der Waals surface area contributed by atoms with E-state index >= 15 is 0 Å². The van der Waals surface area contributed by atoms with Crippen molar-refractivity contribution in [1.29, 1.82) is 0 Å². The van der Waals surface area contributed by atoms with E-state index in [1.165, 1.54) is 12.1 Å². The van der Waals surface area contributed by atoms with E-state index in [0.717, 1.165) is 0 Å². The Bertz CT molecular complexity index is 1100. The van der Waals surface area contributed by atoms with Gasteiger partial charge in [0.2, 0.25) is 0 Å². The number of amides is 2. The lowest BCUT2D eigenvalue weighted by atomic mass is 9.97. The first-order valence-electron chi connectivity index (χ1n) is 8.86. The number of rotatable bonds is 5. The summed E-state index contributed by atoms with van der Waals surface area (Å²) in [6, 6.07) is 5.15. The highest BCUT2D eigenvalue weighted by Crippen LogP contribution is 2.37. The Morgan fingerprint density at radius 2 is 1.53 bits per heavy atom. The first kappa shape index (κ1) is 23.1.